The van der Waals surface area contributed by atoms with Gasteiger partial charge in [0.25, 0.3) is 0 Å². The molecule has 3 nitrogen and oxygen atoms in total. The molecule has 0 amide bonds. The molecule has 0 aliphatic rings. The second-order valence-corrected chi connectivity index (χ2v) is 5.99. The third-order valence-electron chi connectivity index (χ3n) is 3.12. The molecule has 3 aromatic heterocycles. The van der Waals surface area contributed by atoms with Gasteiger partial charge < -0.3 is 0 Å². The second-order valence-electron chi connectivity index (χ2n) is 4.43. The van der Waals surface area contributed by atoms with Crippen LogP contribution >= 0.6 is 22.9 Å². The molecule has 0 spiro atoms. The van der Waals surface area contributed by atoms with Crippen molar-refractivity contribution in [2.24, 2.45) is 0 Å². The Morgan fingerprint density at radius 3 is 2.84 bits per heavy atom. The van der Waals surface area contributed by atoms with Gasteiger partial charge in [0, 0.05) is 23.7 Å². The van der Waals surface area contributed by atoms with Crippen LogP contribution in [0.1, 0.15) is 21.8 Å². The van der Waals surface area contributed by atoms with E-state index in [1.807, 2.05) is 18.3 Å². The van der Waals surface area contributed by atoms with Crippen molar-refractivity contribution in [3.8, 4) is 0 Å². The largest absolute Gasteiger partial charge is 0.264 e. The molecule has 0 unspecified atom stereocenters. The summed E-state index contributed by atoms with van der Waals surface area (Å²) in [4.78, 5) is 15.3. The van der Waals surface area contributed by atoms with Gasteiger partial charge in [0.2, 0.25) is 0 Å². The summed E-state index contributed by atoms with van der Waals surface area (Å²) in [6, 6.07) is 3.92. The molecule has 0 saturated heterocycles. The summed E-state index contributed by atoms with van der Waals surface area (Å²) in [7, 11) is 0. The van der Waals surface area contributed by atoms with E-state index in [4.69, 9.17) is 11.6 Å². The molecule has 19 heavy (non-hydrogen) atoms. The number of pyridine rings is 1. The van der Waals surface area contributed by atoms with Crippen molar-refractivity contribution < 1.29 is 0 Å². The number of hydrogen-bond donors (Lipinski definition) is 0. The summed E-state index contributed by atoms with van der Waals surface area (Å²) in [6.45, 7) is 4.14. The van der Waals surface area contributed by atoms with Crippen LogP contribution in [0.4, 0.5) is 0 Å². The molecular formula is C14H12ClN3S. The second kappa shape index (κ2) is 4.87. The van der Waals surface area contributed by atoms with Crippen molar-refractivity contribution in [2.75, 3.05) is 0 Å². The number of fused-ring (bicyclic) bond motifs is 1. The topological polar surface area (TPSA) is 38.7 Å². The van der Waals surface area contributed by atoms with Gasteiger partial charge >= 0.3 is 0 Å². The lowest BCUT2D eigenvalue weighted by molar-refractivity contribution is 0.987. The van der Waals surface area contributed by atoms with Crippen LogP contribution in [-0.2, 0) is 6.42 Å². The standard InChI is InChI=1S/C14H12ClN3S/c1-8-9(2)19-14-12(8)13(15)17-11(18-14)6-10-4-3-5-16-7-10/h3-5,7H,6H2,1-2H3. The Hall–Kier alpha value is -1.52. The molecule has 0 aromatic carbocycles. The molecule has 0 atom stereocenters. The van der Waals surface area contributed by atoms with E-state index in [1.165, 1.54) is 10.4 Å². The monoisotopic (exact) mass is 289 g/mol. The van der Waals surface area contributed by atoms with E-state index in [0.29, 0.717) is 11.6 Å². The number of aryl methyl sites for hydroxylation is 2. The zero-order chi connectivity index (χ0) is 13.4. The predicted molar refractivity (Wildman–Crippen MR) is 78.9 cm³/mol. The van der Waals surface area contributed by atoms with Crippen LogP contribution in [0.25, 0.3) is 10.2 Å². The maximum Gasteiger partial charge on any atom is 0.141 e. The molecule has 0 bridgehead atoms. The average molecular weight is 290 g/mol. The number of aromatic nitrogens is 3. The van der Waals surface area contributed by atoms with Crippen molar-refractivity contribution in [2.45, 2.75) is 20.3 Å². The minimum absolute atomic E-state index is 0.547. The van der Waals surface area contributed by atoms with Crippen LogP contribution < -0.4 is 0 Å². The molecule has 0 N–H and O–H groups in total. The number of thiophene rings is 1. The Bertz CT molecular complexity index is 737. The fourth-order valence-corrected chi connectivity index (χ4v) is 3.44. The molecule has 5 heteroatoms. The lowest BCUT2D eigenvalue weighted by Gasteiger charge is -2.02. The van der Waals surface area contributed by atoms with Gasteiger partial charge in [0.15, 0.2) is 0 Å². The van der Waals surface area contributed by atoms with Crippen LogP contribution in [0.5, 0.6) is 0 Å². The van der Waals surface area contributed by atoms with Crippen LogP contribution in [0.3, 0.4) is 0 Å². The van der Waals surface area contributed by atoms with Crippen LogP contribution in [0.15, 0.2) is 24.5 Å². The Morgan fingerprint density at radius 2 is 2.11 bits per heavy atom. The number of halogens is 1. The van der Waals surface area contributed by atoms with Gasteiger partial charge in [0.05, 0.1) is 5.39 Å². The smallest absolute Gasteiger partial charge is 0.141 e. The Kier molecular flexibility index (Phi) is 3.21. The summed E-state index contributed by atoms with van der Waals surface area (Å²) < 4.78 is 0. The fraction of sp³-hybridized carbons (Fsp3) is 0.214. The number of rotatable bonds is 2. The highest BCUT2D eigenvalue weighted by molar-refractivity contribution is 7.18. The minimum Gasteiger partial charge on any atom is -0.264 e. The Balaban J connectivity index is 2.06. The molecule has 0 radical (unpaired) electrons. The van der Waals surface area contributed by atoms with Gasteiger partial charge in [-0.2, -0.15) is 0 Å². The minimum atomic E-state index is 0.547. The number of nitrogens with zero attached hydrogens (tertiary/aromatic N) is 3. The first-order chi connectivity index (χ1) is 9.15. The summed E-state index contributed by atoms with van der Waals surface area (Å²) in [5, 5.41) is 1.53. The third kappa shape index (κ3) is 2.33. The zero-order valence-corrected chi connectivity index (χ0v) is 12.2. The molecule has 0 aliphatic heterocycles. The Labute approximate surface area is 120 Å². The molecule has 0 saturated carbocycles. The van der Waals surface area contributed by atoms with Crippen molar-refractivity contribution >= 4 is 33.2 Å². The third-order valence-corrected chi connectivity index (χ3v) is 4.49. The highest BCUT2D eigenvalue weighted by Crippen LogP contribution is 2.33. The maximum atomic E-state index is 6.29. The number of hydrogen-bond acceptors (Lipinski definition) is 4. The lowest BCUT2D eigenvalue weighted by atomic mass is 10.2. The molecular weight excluding hydrogens is 278 g/mol. The first-order valence-electron chi connectivity index (χ1n) is 5.96. The van der Waals surface area contributed by atoms with Gasteiger partial charge in [-0.3, -0.25) is 4.98 Å². The fourth-order valence-electron chi connectivity index (χ4n) is 2.01. The molecule has 96 valence electrons. The molecule has 0 aliphatic carbocycles. The maximum absolute atomic E-state index is 6.29. The van der Waals surface area contributed by atoms with E-state index in [1.54, 1.807) is 17.5 Å². The van der Waals surface area contributed by atoms with Crippen molar-refractivity contribution in [1.82, 2.24) is 15.0 Å². The molecule has 3 rings (SSSR count). The van der Waals surface area contributed by atoms with E-state index < -0.39 is 0 Å². The van der Waals surface area contributed by atoms with Gasteiger partial charge in [-0.1, -0.05) is 17.7 Å². The van der Waals surface area contributed by atoms with Crippen LogP contribution in [0, 0.1) is 13.8 Å². The van der Waals surface area contributed by atoms with E-state index in [-0.39, 0.29) is 0 Å². The molecule has 3 aromatic rings. The Morgan fingerprint density at radius 1 is 1.26 bits per heavy atom. The van der Waals surface area contributed by atoms with Gasteiger partial charge in [-0.05, 0) is 31.0 Å². The summed E-state index contributed by atoms with van der Waals surface area (Å²) in [6.07, 6.45) is 4.23. The average Bonchev–Trinajstić information content (AvgIpc) is 2.66. The van der Waals surface area contributed by atoms with E-state index in [0.717, 1.165) is 21.6 Å². The summed E-state index contributed by atoms with van der Waals surface area (Å²) in [5.74, 6) is 0.742. The summed E-state index contributed by atoms with van der Waals surface area (Å²) in [5.41, 5.74) is 2.26. The van der Waals surface area contributed by atoms with Crippen LogP contribution in [-0.4, -0.2) is 15.0 Å². The summed E-state index contributed by atoms with van der Waals surface area (Å²) >= 11 is 7.95. The SMILES string of the molecule is Cc1sc2nc(Cc3cccnc3)nc(Cl)c2c1C. The van der Waals surface area contributed by atoms with Gasteiger partial charge in [-0.25, -0.2) is 9.97 Å². The first-order valence-corrected chi connectivity index (χ1v) is 7.15. The quantitative estimate of drug-likeness (QED) is 0.671. The van der Waals surface area contributed by atoms with Crippen molar-refractivity contribution in [3.05, 3.63) is 51.5 Å². The van der Waals surface area contributed by atoms with Crippen molar-refractivity contribution in [3.63, 3.8) is 0 Å². The van der Waals surface area contributed by atoms with E-state index >= 15 is 0 Å². The lowest BCUT2D eigenvalue weighted by Crippen LogP contribution is -1.97. The van der Waals surface area contributed by atoms with Gasteiger partial charge in [-0.15, -0.1) is 11.3 Å². The van der Waals surface area contributed by atoms with Crippen LogP contribution in [0.2, 0.25) is 5.15 Å². The molecule has 0 fully saturated rings. The highest BCUT2D eigenvalue weighted by Gasteiger charge is 2.13. The van der Waals surface area contributed by atoms with Gasteiger partial charge in [0.1, 0.15) is 15.8 Å². The van der Waals surface area contributed by atoms with E-state index in [9.17, 15) is 0 Å². The normalized spacial score (nSPS) is 11.1. The predicted octanol–water partition coefficient (Wildman–Crippen LogP) is 3.95. The highest BCUT2D eigenvalue weighted by atomic mass is 35.5. The first kappa shape index (κ1) is 12.5. The van der Waals surface area contributed by atoms with E-state index in [2.05, 4.69) is 28.8 Å². The zero-order valence-electron chi connectivity index (χ0n) is 10.6. The van der Waals surface area contributed by atoms with Crippen molar-refractivity contribution in [1.29, 1.82) is 0 Å². The molecule has 3 heterocycles.